The lowest BCUT2D eigenvalue weighted by Gasteiger charge is -2.29. The Kier molecular flexibility index (Phi) is 4.65. The summed E-state index contributed by atoms with van der Waals surface area (Å²) in [6.45, 7) is 6.30. The molecule has 0 bridgehead atoms. The summed E-state index contributed by atoms with van der Waals surface area (Å²) in [5, 5.41) is 2.93. The summed E-state index contributed by atoms with van der Waals surface area (Å²) in [5.41, 5.74) is 7.15. The molecule has 20 heavy (non-hydrogen) atoms. The van der Waals surface area contributed by atoms with Gasteiger partial charge in [-0.05, 0) is 57.4 Å². The van der Waals surface area contributed by atoms with Crippen LogP contribution in [0.3, 0.4) is 0 Å². The Morgan fingerprint density at radius 2 is 1.80 bits per heavy atom. The van der Waals surface area contributed by atoms with Gasteiger partial charge in [-0.1, -0.05) is 0 Å². The number of carbonyl (C=O) groups excluding carboxylic acids is 1. The fourth-order valence-corrected chi connectivity index (χ4v) is 2.30. The lowest BCUT2D eigenvalue weighted by molar-refractivity contribution is -0.123. The molecule has 1 amide bonds. The van der Waals surface area contributed by atoms with Gasteiger partial charge in [0, 0.05) is 31.0 Å². The normalized spacial score (nSPS) is 16.1. The fraction of sp³-hybridized carbons (Fsp3) is 0.562. The molecule has 2 rings (SSSR count). The molecule has 0 aliphatic carbocycles. The smallest absolute Gasteiger partial charge is 0.231 e. The summed E-state index contributed by atoms with van der Waals surface area (Å²) in [7, 11) is 0. The average molecular weight is 275 g/mol. The van der Waals surface area contributed by atoms with Crippen molar-refractivity contribution < 1.29 is 4.79 Å². The minimum atomic E-state index is -0.536. The molecule has 1 fully saturated rings. The van der Waals surface area contributed by atoms with E-state index in [-0.39, 0.29) is 5.91 Å². The molecule has 0 saturated carbocycles. The number of anilines is 2. The number of piperidine rings is 1. The molecule has 110 valence electrons. The largest absolute Gasteiger partial charge is 0.372 e. The van der Waals surface area contributed by atoms with E-state index < -0.39 is 5.41 Å². The molecule has 1 aromatic carbocycles. The standard InChI is InChI=1S/C16H25N3O/c1-16(2,12-17)15(20)18-13-6-8-14(9-7-13)19-10-4-3-5-11-19/h6-9H,3-5,10-12,17H2,1-2H3,(H,18,20). The molecule has 1 heterocycles. The van der Waals surface area contributed by atoms with Crippen LogP contribution in [0.5, 0.6) is 0 Å². The van der Waals surface area contributed by atoms with Crippen molar-refractivity contribution in [3.05, 3.63) is 24.3 Å². The summed E-state index contributed by atoms with van der Waals surface area (Å²) in [6.07, 6.45) is 3.87. The summed E-state index contributed by atoms with van der Waals surface area (Å²) in [6, 6.07) is 8.09. The second kappa shape index (κ2) is 6.27. The van der Waals surface area contributed by atoms with E-state index in [9.17, 15) is 4.79 Å². The highest BCUT2D eigenvalue weighted by Crippen LogP contribution is 2.23. The van der Waals surface area contributed by atoms with E-state index in [1.807, 2.05) is 26.0 Å². The van der Waals surface area contributed by atoms with Gasteiger partial charge < -0.3 is 16.0 Å². The van der Waals surface area contributed by atoms with Gasteiger partial charge in [0.1, 0.15) is 0 Å². The van der Waals surface area contributed by atoms with Crippen molar-refractivity contribution in [2.75, 3.05) is 29.9 Å². The maximum atomic E-state index is 12.1. The number of carbonyl (C=O) groups is 1. The van der Waals surface area contributed by atoms with E-state index in [0.717, 1.165) is 18.8 Å². The van der Waals surface area contributed by atoms with Gasteiger partial charge >= 0.3 is 0 Å². The highest BCUT2D eigenvalue weighted by atomic mass is 16.2. The van der Waals surface area contributed by atoms with Crippen LogP contribution in [0.25, 0.3) is 0 Å². The van der Waals surface area contributed by atoms with Crippen molar-refractivity contribution in [2.45, 2.75) is 33.1 Å². The predicted octanol–water partition coefficient (Wildman–Crippen LogP) is 2.60. The van der Waals surface area contributed by atoms with E-state index in [0.29, 0.717) is 6.54 Å². The van der Waals surface area contributed by atoms with Crippen LogP contribution in [0.4, 0.5) is 11.4 Å². The van der Waals surface area contributed by atoms with Gasteiger partial charge in [0.2, 0.25) is 5.91 Å². The van der Waals surface area contributed by atoms with Crippen LogP contribution in [0.1, 0.15) is 33.1 Å². The molecule has 1 aromatic rings. The van der Waals surface area contributed by atoms with Crippen molar-refractivity contribution in [1.82, 2.24) is 0 Å². The Morgan fingerprint density at radius 1 is 1.20 bits per heavy atom. The second-order valence-corrected chi connectivity index (χ2v) is 6.14. The van der Waals surface area contributed by atoms with Gasteiger partial charge in [0.05, 0.1) is 5.41 Å². The first-order valence-electron chi connectivity index (χ1n) is 7.39. The molecule has 0 aromatic heterocycles. The van der Waals surface area contributed by atoms with Crippen molar-refractivity contribution >= 4 is 17.3 Å². The number of nitrogens with two attached hydrogens (primary N) is 1. The van der Waals surface area contributed by atoms with Gasteiger partial charge in [0.15, 0.2) is 0 Å². The third kappa shape index (κ3) is 3.51. The molecule has 0 atom stereocenters. The van der Waals surface area contributed by atoms with E-state index in [2.05, 4.69) is 22.3 Å². The topological polar surface area (TPSA) is 58.4 Å². The number of nitrogens with one attached hydrogen (secondary N) is 1. The molecule has 1 aliphatic heterocycles. The molecule has 4 heteroatoms. The van der Waals surface area contributed by atoms with Crippen molar-refractivity contribution in [2.24, 2.45) is 11.1 Å². The van der Waals surface area contributed by atoms with Crippen molar-refractivity contribution in [3.8, 4) is 0 Å². The Morgan fingerprint density at radius 3 is 2.35 bits per heavy atom. The fourth-order valence-electron chi connectivity index (χ4n) is 2.30. The van der Waals surface area contributed by atoms with Crippen LogP contribution in [-0.2, 0) is 4.79 Å². The van der Waals surface area contributed by atoms with E-state index >= 15 is 0 Å². The lowest BCUT2D eigenvalue weighted by atomic mass is 9.92. The minimum Gasteiger partial charge on any atom is -0.372 e. The van der Waals surface area contributed by atoms with E-state index in [1.54, 1.807) is 0 Å². The van der Waals surface area contributed by atoms with Crippen LogP contribution in [-0.4, -0.2) is 25.5 Å². The maximum absolute atomic E-state index is 12.1. The molecular weight excluding hydrogens is 250 g/mol. The molecule has 0 unspecified atom stereocenters. The maximum Gasteiger partial charge on any atom is 0.231 e. The Hall–Kier alpha value is -1.55. The zero-order valence-corrected chi connectivity index (χ0v) is 12.5. The van der Waals surface area contributed by atoms with Gasteiger partial charge in [0.25, 0.3) is 0 Å². The number of rotatable bonds is 4. The molecule has 0 radical (unpaired) electrons. The third-order valence-corrected chi connectivity index (χ3v) is 3.97. The highest BCUT2D eigenvalue weighted by molar-refractivity contribution is 5.95. The SMILES string of the molecule is CC(C)(CN)C(=O)Nc1ccc(N2CCCCC2)cc1. The van der Waals surface area contributed by atoms with Gasteiger partial charge in [-0.2, -0.15) is 0 Å². The van der Waals surface area contributed by atoms with Crippen molar-refractivity contribution in [3.63, 3.8) is 0 Å². The average Bonchev–Trinajstić information content (AvgIpc) is 2.49. The summed E-state index contributed by atoms with van der Waals surface area (Å²) < 4.78 is 0. The summed E-state index contributed by atoms with van der Waals surface area (Å²) in [4.78, 5) is 14.5. The Balaban J connectivity index is 1.99. The first-order valence-corrected chi connectivity index (χ1v) is 7.39. The summed E-state index contributed by atoms with van der Waals surface area (Å²) >= 11 is 0. The first kappa shape index (κ1) is 14.9. The molecule has 3 N–H and O–H groups in total. The van der Waals surface area contributed by atoms with E-state index in [4.69, 9.17) is 5.73 Å². The number of benzene rings is 1. The quantitative estimate of drug-likeness (QED) is 0.888. The Labute approximate surface area is 121 Å². The Bertz CT molecular complexity index is 447. The minimum absolute atomic E-state index is 0.0364. The van der Waals surface area contributed by atoms with Gasteiger partial charge in [-0.25, -0.2) is 0 Å². The van der Waals surface area contributed by atoms with Crippen LogP contribution in [0.15, 0.2) is 24.3 Å². The number of hydrogen-bond donors (Lipinski definition) is 2. The zero-order chi connectivity index (χ0) is 14.6. The predicted molar refractivity (Wildman–Crippen MR) is 84.0 cm³/mol. The zero-order valence-electron chi connectivity index (χ0n) is 12.5. The van der Waals surface area contributed by atoms with Crippen LogP contribution >= 0.6 is 0 Å². The second-order valence-electron chi connectivity index (χ2n) is 6.14. The van der Waals surface area contributed by atoms with Crippen LogP contribution in [0.2, 0.25) is 0 Å². The highest BCUT2D eigenvalue weighted by Gasteiger charge is 2.25. The number of amides is 1. The van der Waals surface area contributed by atoms with Crippen molar-refractivity contribution in [1.29, 1.82) is 0 Å². The monoisotopic (exact) mass is 275 g/mol. The lowest BCUT2D eigenvalue weighted by Crippen LogP contribution is -2.37. The molecule has 1 aliphatic rings. The molecular formula is C16H25N3O. The summed E-state index contributed by atoms with van der Waals surface area (Å²) in [5.74, 6) is -0.0364. The number of nitrogens with zero attached hydrogens (tertiary/aromatic N) is 1. The molecule has 1 saturated heterocycles. The van der Waals surface area contributed by atoms with Crippen LogP contribution in [0, 0.1) is 5.41 Å². The number of hydrogen-bond acceptors (Lipinski definition) is 3. The van der Waals surface area contributed by atoms with E-state index in [1.165, 1.54) is 24.9 Å². The van der Waals surface area contributed by atoms with Crippen LogP contribution < -0.4 is 16.0 Å². The molecule has 4 nitrogen and oxygen atoms in total. The van der Waals surface area contributed by atoms with Gasteiger partial charge in [-0.15, -0.1) is 0 Å². The first-order chi connectivity index (χ1) is 9.53. The third-order valence-electron chi connectivity index (χ3n) is 3.97. The van der Waals surface area contributed by atoms with Gasteiger partial charge in [-0.3, -0.25) is 4.79 Å². The molecule has 0 spiro atoms.